The fraction of sp³-hybridized carbons (Fsp3) is 0.200. The predicted molar refractivity (Wildman–Crippen MR) is 106 cm³/mol. The second-order valence-electron chi connectivity index (χ2n) is 6.11. The van der Waals surface area contributed by atoms with Gasteiger partial charge in [0.1, 0.15) is 16.6 Å². The quantitative estimate of drug-likeness (QED) is 0.437. The molecule has 0 atom stereocenters. The van der Waals surface area contributed by atoms with Crippen molar-refractivity contribution in [1.82, 2.24) is 10.6 Å². The van der Waals surface area contributed by atoms with E-state index in [0.717, 1.165) is 25.1 Å². The van der Waals surface area contributed by atoms with Gasteiger partial charge in [-0.25, -0.2) is 4.39 Å². The van der Waals surface area contributed by atoms with Gasteiger partial charge in [0, 0.05) is 24.3 Å². The Balaban J connectivity index is 1.92. The third kappa shape index (κ3) is 4.26. The Hall–Kier alpha value is -2.73. The molecule has 6 heteroatoms. The first-order valence-corrected chi connectivity index (χ1v) is 8.86. The number of halogens is 1. The van der Waals surface area contributed by atoms with E-state index in [9.17, 15) is 9.18 Å². The lowest BCUT2D eigenvalue weighted by Gasteiger charge is -2.23. The molecule has 1 aliphatic rings. The molecule has 0 spiro atoms. The summed E-state index contributed by atoms with van der Waals surface area (Å²) in [6.07, 6.45) is 0.966. The zero-order chi connectivity index (χ0) is 18.5. The van der Waals surface area contributed by atoms with Crippen molar-refractivity contribution in [2.45, 2.75) is 13.3 Å². The van der Waals surface area contributed by atoms with Gasteiger partial charge in [0.2, 0.25) is 0 Å². The Morgan fingerprint density at radius 1 is 1.04 bits per heavy atom. The van der Waals surface area contributed by atoms with Crippen molar-refractivity contribution >= 4 is 28.7 Å². The van der Waals surface area contributed by atoms with Crippen molar-refractivity contribution in [3.05, 3.63) is 76.9 Å². The van der Waals surface area contributed by atoms with Gasteiger partial charge in [0.05, 0.1) is 5.57 Å². The molecule has 2 aromatic rings. The highest BCUT2D eigenvalue weighted by Gasteiger charge is 2.23. The molecule has 134 valence electrons. The summed E-state index contributed by atoms with van der Waals surface area (Å²) >= 11 is 5.51. The summed E-state index contributed by atoms with van der Waals surface area (Å²) in [6, 6.07) is 13.2. The van der Waals surface area contributed by atoms with Crippen LogP contribution in [-0.2, 0) is 0 Å². The lowest BCUT2D eigenvalue weighted by atomic mass is 10.0. The molecule has 3 N–H and O–H groups in total. The van der Waals surface area contributed by atoms with E-state index in [1.807, 2.05) is 19.1 Å². The van der Waals surface area contributed by atoms with E-state index >= 15 is 0 Å². The predicted octanol–water partition coefficient (Wildman–Crippen LogP) is 3.55. The number of thiocarbonyl (C=S) groups is 1. The average molecular weight is 369 g/mol. The molecule has 26 heavy (non-hydrogen) atoms. The largest absolute Gasteiger partial charge is 0.371 e. The van der Waals surface area contributed by atoms with Crippen molar-refractivity contribution < 1.29 is 9.18 Å². The van der Waals surface area contributed by atoms with Gasteiger partial charge in [-0.2, -0.15) is 0 Å². The van der Waals surface area contributed by atoms with E-state index in [-0.39, 0.29) is 11.6 Å². The van der Waals surface area contributed by atoms with E-state index in [1.165, 1.54) is 12.1 Å². The highest BCUT2D eigenvalue weighted by Crippen LogP contribution is 2.17. The number of nitrogens with one attached hydrogen (secondary N) is 3. The normalized spacial score (nSPS) is 13.4. The molecule has 3 rings (SSSR count). The fourth-order valence-corrected chi connectivity index (χ4v) is 2.97. The molecule has 4 nitrogen and oxygen atoms in total. The van der Waals surface area contributed by atoms with E-state index in [1.54, 1.807) is 24.3 Å². The minimum atomic E-state index is -0.327. The molecule has 1 heterocycles. The van der Waals surface area contributed by atoms with E-state index < -0.39 is 0 Å². The van der Waals surface area contributed by atoms with Crippen molar-refractivity contribution in [2.75, 3.05) is 18.4 Å². The highest BCUT2D eigenvalue weighted by atomic mass is 32.1. The SMILES string of the molecule is Cc1ccc(C(=O)C(C(=S)Nc2ccc(F)cc2)=C2NCCCN2)cc1. The molecule has 0 saturated carbocycles. The zero-order valence-corrected chi connectivity index (χ0v) is 15.3. The van der Waals surface area contributed by atoms with Crippen LogP contribution in [-0.4, -0.2) is 23.9 Å². The maximum atomic E-state index is 13.1. The molecule has 0 aromatic heterocycles. The second kappa shape index (κ2) is 8.10. The number of ketones is 1. The Kier molecular flexibility index (Phi) is 5.63. The number of rotatable bonds is 4. The smallest absolute Gasteiger partial charge is 0.199 e. The molecular formula is C20H20FN3OS. The summed E-state index contributed by atoms with van der Waals surface area (Å²) in [5.41, 5.74) is 2.65. The summed E-state index contributed by atoms with van der Waals surface area (Å²) in [7, 11) is 0. The van der Waals surface area contributed by atoms with Crippen LogP contribution in [0.3, 0.4) is 0 Å². The van der Waals surface area contributed by atoms with Gasteiger partial charge < -0.3 is 16.0 Å². The van der Waals surface area contributed by atoms with E-state index in [2.05, 4.69) is 16.0 Å². The van der Waals surface area contributed by atoms with Crippen LogP contribution in [0.5, 0.6) is 0 Å². The molecular weight excluding hydrogens is 349 g/mol. The number of hydrogen-bond donors (Lipinski definition) is 3. The molecule has 0 unspecified atom stereocenters. The molecule has 1 fully saturated rings. The van der Waals surface area contributed by atoms with Gasteiger partial charge in [0.25, 0.3) is 0 Å². The molecule has 2 aromatic carbocycles. The van der Waals surface area contributed by atoms with Crippen LogP contribution in [0.25, 0.3) is 0 Å². The van der Waals surface area contributed by atoms with Gasteiger partial charge >= 0.3 is 0 Å². The van der Waals surface area contributed by atoms with Crippen LogP contribution in [0, 0.1) is 12.7 Å². The molecule has 0 bridgehead atoms. The summed E-state index contributed by atoms with van der Waals surface area (Å²) in [5, 5.41) is 9.47. The molecule has 0 amide bonds. The summed E-state index contributed by atoms with van der Waals surface area (Å²) in [6.45, 7) is 3.51. The number of aryl methyl sites for hydroxylation is 1. The lowest BCUT2D eigenvalue weighted by molar-refractivity contribution is 0.103. The number of carbonyl (C=O) groups is 1. The van der Waals surface area contributed by atoms with Crippen LogP contribution < -0.4 is 16.0 Å². The van der Waals surface area contributed by atoms with Crippen LogP contribution in [0.2, 0.25) is 0 Å². The minimum absolute atomic E-state index is 0.165. The second-order valence-corrected chi connectivity index (χ2v) is 6.52. The standard InChI is InChI=1S/C20H20FN3OS/c1-13-3-5-14(6-4-13)18(25)17(19-22-11-2-12-23-19)20(26)24-16-9-7-15(21)8-10-16/h3-10,22-23H,2,11-12H2,1H3,(H,24,26). The number of anilines is 1. The number of hydrogen-bond acceptors (Lipinski definition) is 4. The summed E-state index contributed by atoms with van der Waals surface area (Å²) < 4.78 is 13.1. The molecule has 0 aliphatic carbocycles. The minimum Gasteiger partial charge on any atom is -0.371 e. The van der Waals surface area contributed by atoms with Crippen LogP contribution in [0.4, 0.5) is 10.1 Å². The van der Waals surface area contributed by atoms with Gasteiger partial charge in [-0.05, 0) is 37.6 Å². The Morgan fingerprint density at radius 3 is 2.27 bits per heavy atom. The maximum Gasteiger partial charge on any atom is 0.199 e. The van der Waals surface area contributed by atoms with Gasteiger partial charge in [-0.15, -0.1) is 0 Å². The first-order valence-electron chi connectivity index (χ1n) is 8.45. The van der Waals surface area contributed by atoms with Crippen LogP contribution in [0.1, 0.15) is 22.3 Å². The molecule has 0 radical (unpaired) electrons. The Bertz CT molecular complexity index is 836. The fourth-order valence-electron chi connectivity index (χ4n) is 2.66. The number of Topliss-reactive ketones (excluding diaryl/α,β-unsaturated/α-hetero) is 1. The van der Waals surface area contributed by atoms with E-state index in [0.29, 0.717) is 27.6 Å². The van der Waals surface area contributed by atoms with Crippen molar-refractivity contribution in [2.24, 2.45) is 0 Å². The van der Waals surface area contributed by atoms with E-state index in [4.69, 9.17) is 12.2 Å². The third-order valence-electron chi connectivity index (χ3n) is 4.08. The number of benzene rings is 2. The topological polar surface area (TPSA) is 53.2 Å². The van der Waals surface area contributed by atoms with Crippen molar-refractivity contribution in [3.8, 4) is 0 Å². The Morgan fingerprint density at radius 2 is 1.65 bits per heavy atom. The third-order valence-corrected chi connectivity index (χ3v) is 4.38. The average Bonchev–Trinajstić information content (AvgIpc) is 2.65. The lowest BCUT2D eigenvalue weighted by Crippen LogP contribution is -2.39. The number of carbonyl (C=O) groups excluding carboxylic acids is 1. The van der Waals surface area contributed by atoms with Crippen LogP contribution in [0.15, 0.2) is 59.9 Å². The zero-order valence-electron chi connectivity index (χ0n) is 14.4. The molecule has 1 saturated heterocycles. The van der Waals surface area contributed by atoms with Gasteiger partial charge in [0.15, 0.2) is 5.78 Å². The van der Waals surface area contributed by atoms with Gasteiger partial charge in [-0.3, -0.25) is 4.79 Å². The summed E-state index contributed by atoms with van der Waals surface area (Å²) in [5.74, 6) is 0.134. The highest BCUT2D eigenvalue weighted by molar-refractivity contribution is 7.81. The Labute approximate surface area is 157 Å². The first kappa shape index (κ1) is 18.1. The van der Waals surface area contributed by atoms with Crippen LogP contribution >= 0.6 is 12.2 Å². The van der Waals surface area contributed by atoms with Gasteiger partial charge in [-0.1, -0.05) is 42.0 Å². The van der Waals surface area contributed by atoms with Crippen molar-refractivity contribution in [1.29, 1.82) is 0 Å². The first-order chi connectivity index (χ1) is 12.5. The maximum absolute atomic E-state index is 13.1. The van der Waals surface area contributed by atoms with Crippen molar-refractivity contribution in [3.63, 3.8) is 0 Å². The summed E-state index contributed by atoms with van der Waals surface area (Å²) in [4.78, 5) is 13.4. The monoisotopic (exact) mass is 369 g/mol. The molecule has 1 aliphatic heterocycles.